The summed E-state index contributed by atoms with van der Waals surface area (Å²) in [7, 11) is 0. The van der Waals surface area contributed by atoms with Crippen molar-refractivity contribution in [1.29, 1.82) is 0 Å². The van der Waals surface area contributed by atoms with Crippen molar-refractivity contribution >= 4 is 23.2 Å². The fourth-order valence-electron chi connectivity index (χ4n) is 1.18. The minimum atomic E-state index is 0.0256. The van der Waals surface area contributed by atoms with Crippen LogP contribution in [0.1, 0.15) is 5.56 Å². The molecule has 3 nitrogen and oxygen atoms in total. The summed E-state index contributed by atoms with van der Waals surface area (Å²) in [6, 6.07) is 5.50. The van der Waals surface area contributed by atoms with Gasteiger partial charge in [0, 0.05) is 10.6 Å². The predicted octanol–water partition coefficient (Wildman–Crippen LogP) is 3.35. The standard InChI is InChI=1S/C9H6Cl2N2O/c1-5-2-6(4-7(10)3-5)8-12-13-9(11)14-8/h2-4H,1H3. The molecule has 0 saturated carbocycles. The lowest BCUT2D eigenvalue weighted by atomic mass is 10.1. The predicted molar refractivity (Wildman–Crippen MR) is 54.5 cm³/mol. The highest BCUT2D eigenvalue weighted by molar-refractivity contribution is 6.31. The van der Waals surface area contributed by atoms with Crippen LogP contribution in [0.5, 0.6) is 0 Å². The lowest BCUT2D eigenvalue weighted by Gasteiger charge is -1.98. The molecule has 2 aromatic rings. The number of halogens is 2. The molecule has 0 spiro atoms. The fourth-order valence-corrected chi connectivity index (χ4v) is 1.58. The molecule has 0 unspecified atom stereocenters. The summed E-state index contributed by atoms with van der Waals surface area (Å²) in [5.41, 5.74) is 1.80. The molecule has 1 heterocycles. The van der Waals surface area contributed by atoms with E-state index in [1.807, 2.05) is 19.1 Å². The van der Waals surface area contributed by atoms with E-state index in [2.05, 4.69) is 10.2 Å². The van der Waals surface area contributed by atoms with Gasteiger partial charge in [0.2, 0.25) is 5.89 Å². The van der Waals surface area contributed by atoms with E-state index in [0.717, 1.165) is 11.1 Å². The van der Waals surface area contributed by atoms with Crippen molar-refractivity contribution in [2.24, 2.45) is 0 Å². The van der Waals surface area contributed by atoms with Crippen LogP contribution in [0.3, 0.4) is 0 Å². The van der Waals surface area contributed by atoms with Crippen molar-refractivity contribution in [1.82, 2.24) is 10.2 Å². The van der Waals surface area contributed by atoms with Gasteiger partial charge in [-0.25, -0.2) is 0 Å². The minimum absolute atomic E-state index is 0.0256. The SMILES string of the molecule is Cc1cc(Cl)cc(-c2nnc(Cl)o2)c1. The first-order valence-corrected chi connectivity index (χ1v) is 4.67. The van der Waals surface area contributed by atoms with Crippen LogP contribution in [0.15, 0.2) is 22.6 Å². The van der Waals surface area contributed by atoms with Crippen molar-refractivity contribution in [2.45, 2.75) is 6.92 Å². The summed E-state index contributed by atoms with van der Waals surface area (Å²) in [5, 5.41) is 7.98. The third-order valence-electron chi connectivity index (χ3n) is 1.69. The van der Waals surface area contributed by atoms with E-state index >= 15 is 0 Å². The van der Waals surface area contributed by atoms with Gasteiger partial charge in [0.15, 0.2) is 0 Å². The Labute approximate surface area is 90.7 Å². The highest BCUT2D eigenvalue weighted by Gasteiger charge is 2.07. The Balaban J connectivity index is 2.51. The van der Waals surface area contributed by atoms with E-state index in [1.165, 1.54) is 0 Å². The Kier molecular flexibility index (Phi) is 2.44. The molecule has 0 amide bonds. The summed E-state index contributed by atoms with van der Waals surface area (Å²) in [6.45, 7) is 1.94. The summed E-state index contributed by atoms with van der Waals surface area (Å²) < 4.78 is 5.06. The maximum absolute atomic E-state index is 5.88. The lowest BCUT2D eigenvalue weighted by Crippen LogP contribution is -1.80. The maximum Gasteiger partial charge on any atom is 0.313 e. The number of benzene rings is 1. The zero-order valence-electron chi connectivity index (χ0n) is 7.29. The van der Waals surface area contributed by atoms with E-state index in [9.17, 15) is 0 Å². The van der Waals surface area contributed by atoms with Crippen molar-refractivity contribution in [3.8, 4) is 11.5 Å². The molecule has 1 aromatic heterocycles. The van der Waals surface area contributed by atoms with Gasteiger partial charge in [0.1, 0.15) is 0 Å². The van der Waals surface area contributed by atoms with Gasteiger partial charge in [-0.2, -0.15) is 0 Å². The average molecular weight is 229 g/mol. The number of rotatable bonds is 1. The molecule has 0 radical (unpaired) electrons. The Morgan fingerprint density at radius 3 is 2.50 bits per heavy atom. The summed E-state index contributed by atoms with van der Waals surface area (Å²) in [6.07, 6.45) is 0. The third kappa shape index (κ3) is 1.89. The molecule has 0 atom stereocenters. The van der Waals surface area contributed by atoms with Gasteiger partial charge < -0.3 is 4.42 Å². The summed E-state index contributed by atoms with van der Waals surface area (Å²) in [5.74, 6) is 0.376. The van der Waals surface area contributed by atoms with Crippen LogP contribution in [-0.4, -0.2) is 10.2 Å². The Morgan fingerprint density at radius 1 is 1.14 bits per heavy atom. The fraction of sp³-hybridized carbons (Fsp3) is 0.111. The first-order chi connectivity index (χ1) is 6.65. The molecule has 0 fully saturated rings. The lowest BCUT2D eigenvalue weighted by molar-refractivity contribution is 0.571. The van der Waals surface area contributed by atoms with Gasteiger partial charge in [-0.3, -0.25) is 0 Å². The molecule has 0 bridgehead atoms. The van der Waals surface area contributed by atoms with Crippen LogP contribution in [0.2, 0.25) is 10.4 Å². The number of hydrogen-bond donors (Lipinski definition) is 0. The van der Waals surface area contributed by atoms with Crippen LogP contribution >= 0.6 is 23.2 Å². The Hall–Kier alpha value is -1.06. The number of hydrogen-bond acceptors (Lipinski definition) is 3. The van der Waals surface area contributed by atoms with Crippen molar-refractivity contribution < 1.29 is 4.42 Å². The van der Waals surface area contributed by atoms with Crippen molar-refractivity contribution in [3.05, 3.63) is 34.1 Å². The first kappa shape index (κ1) is 9.49. The van der Waals surface area contributed by atoms with Gasteiger partial charge in [-0.05, 0) is 42.3 Å². The van der Waals surface area contributed by atoms with Crippen molar-refractivity contribution in [2.75, 3.05) is 0 Å². The number of aromatic nitrogens is 2. The quantitative estimate of drug-likeness (QED) is 0.752. The van der Waals surface area contributed by atoms with Crippen LogP contribution < -0.4 is 0 Å². The molecule has 72 valence electrons. The van der Waals surface area contributed by atoms with Crippen LogP contribution in [-0.2, 0) is 0 Å². The molecule has 2 rings (SSSR count). The second kappa shape index (κ2) is 3.59. The number of aryl methyl sites for hydroxylation is 1. The molecule has 0 aliphatic carbocycles. The normalized spacial score (nSPS) is 10.5. The van der Waals surface area contributed by atoms with Crippen LogP contribution in [0, 0.1) is 6.92 Å². The zero-order valence-corrected chi connectivity index (χ0v) is 8.80. The van der Waals surface area contributed by atoms with E-state index in [0.29, 0.717) is 10.9 Å². The van der Waals surface area contributed by atoms with E-state index in [4.69, 9.17) is 27.6 Å². The smallest absolute Gasteiger partial charge is 0.313 e. The maximum atomic E-state index is 5.88. The molecular formula is C9H6Cl2N2O. The molecule has 0 aliphatic rings. The van der Waals surface area contributed by atoms with E-state index < -0.39 is 0 Å². The van der Waals surface area contributed by atoms with Gasteiger partial charge in [-0.15, -0.1) is 5.10 Å². The highest BCUT2D eigenvalue weighted by atomic mass is 35.5. The topological polar surface area (TPSA) is 38.9 Å². The molecule has 1 aromatic carbocycles. The van der Waals surface area contributed by atoms with Crippen LogP contribution in [0.25, 0.3) is 11.5 Å². The first-order valence-electron chi connectivity index (χ1n) is 3.92. The highest BCUT2D eigenvalue weighted by Crippen LogP contribution is 2.24. The minimum Gasteiger partial charge on any atom is -0.407 e. The average Bonchev–Trinajstić information content (AvgIpc) is 2.50. The zero-order chi connectivity index (χ0) is 10.1. The van der Waals surface area contributed by atoms with Gasteiger partial charge >= 0.3 is 5.35 Å². The van der Waals surface area contributed by atoms with Gasteiger partial charge in [0.05, 0.1) is 0 Å². The second-order valence-corrected chi connectivity index (χ2v) is 3.64. The number of nitrogens with zero attached hydrogens (tertiary/aromatic N) is 2. The third-order valence-corrected chi connectivity index (χ3v) is 2.06. The molecule has 0 aliphatic heterocycles. The Morgan fingerprint density at radius 2 is 1.93 bits per heavy atom. The van der Waals surface area contributed by atoms with Crippen molar-refractivity contribution in [3.63, 3.8) is 0 Å². The molecule has 0 saturated heterocycles. The Bertz CT molecular complexity index is 447. The monoisotopic (exact) mass is 228 g/mol. The summed E-state index contributed by atoms with van der Waals surface area (Å²) >= 11 is 11.4. The van der Waals surface area contributed by atoms with Gasteiger partial charge in [-0.1, -0.05) is 16.7 Å². The van der Waals surface area contributed by atoms with E-state index in [-0.39, 0.29) is 5.35 Å². The molecule has 5 heteroatoms. The summed E-state index contributed by atoms with van der Waals surface area (Å²) in [4.78, 5) is 0. The van der Waals surface area contributed by atoms with Gasteiger partial charge in [0.25, 0.3) is 0 Å². The van der Waals surface area contributed by atoms with Crippen LogP contribution in [0.4, 0.5) is 0 Å². The molecular weight excluding hydrogens is 223 g/mol. The molecule has 14 heavy (non-hydrogen) atoms. The van der Waals surface area contributed by atoms with E-state index in [1.54, 1.807) is 6.07 Å². The largest absolute Gasteiger partial charge is 0.407 e. The molecule has 0 N–H and O–H groups in total. The second-order valence-electron chi connectivity index (χ2n) is 2.88.